The van der Waals surface area contributed by atoms with E-state index < -0.39 is 0 Å². The molecule has 1 rings (SSSR count). The normalized spacial score (nSPS) is 11.5. The van der Waals surface area contributed by atoms with Gasteiger partial charge in [-0.2, -0.15) is 0 Å². The minimum Gasteiger partial charge on any atom is -0.464 e. The Kier molecular flexibility index (Phi) is 3.55. The molecule has 0 saturated carbocycles. The van der Waals surface area contributed by atoms with E-state index in [0.29, 0.717) is 5.76 Å². The maximum atomic E-state index is 11.2. The van der Waals surface area contributed by atoms with Crippen LogP contribution in [-0.4, -0.2) is 5.78 Å². The summed E-state index contributed by atoms with van der Waals surface area (Å²) in [6.45, 7) is 9.64. The van der Waals surface area contributed by atoms with Crippen molar-refractivity contribution in [2.45, 2.75) is 32.6 Å². The molecule has 82 valence electrons. The molecule has 0 aliphatic carbocycles. The largest absolute Gasteiger partial charge is 0.464 e. The number of allylic oxidation sites excluding steroid dienone is 1. The van der Waals surface area contributed by atoms with Crippen molar-refractivity contribution in [3.8, 4) is 0 Å². The number of ketones is 1. The van der Waals surface area contributed by atoms with Crippen molar-refractivity contribution in [3.05, 3.63) is 34.7 Å². The highest BCUT2D eigenvalue weighted by molar-refractivity contribution is 9.10. The monoisotopic (exact) mass is 270 g/mol. The molecule has 0 spiro atoms. The Morgan fingerprint density at radius 2 is 2.20 bits per heavy atom. The molecule has 0 aromatic carbocycles. The molecule has 1 aromatic heterocycles. The smallest absolute Gasteiger partial charge is 0.162 e. The number of carbonyl (C=O) groups is 1. The molecule has 0 bridgehead atoms. The van der Waals surface area contributed by atoms with Crippen LogP contribution < -0.4 is 0 Å². The van der Waals surface area contributed by atoms with E-state index in [1.54, 1.807) is 0 Å². The Labute approximate surface area is 98.5 Å². The lowest BCUT2D eigenvalue weighted by Gasteiger charge is -2.13. The highest BCUT2D eigenvalue weighted by atomic mass is 79.9. The maximum absolute atomic E-state index is 11.2. The van der Waals surface area contributed by atoms with Crippen LogP contribution in [0, 0.1) is 0 Å². The van der Waals surface area contributed by atoms with Gasteiger partial charge in [0, 0.05) is 5.41 Å². The lowest BCUT2D eigenvalue weighted by atomic mass is 9.94. The average molecular weight is 271 g/mol. The van der Waals surface area contributed by atoms with Crippen molar-refractivity contribution in [1.29, 1.82) is 0 Å². The van der Waals surface area contributed by atoms with E-state index in [2.05, 4.69) is 43.3 Å². The summed E-state index contributed by atoms with van der Waals surface area (Å²) in [5.74, 6) is 1.51. The molecule has 2 nitrogen and oxygen atoms in total. The zero-order valence-electron chi connectivity index (χ0n) is 9.26. The number of rotatable bonds is 3. The first-order chi connectivity index (χ1) is 6.84. The zero-order chi connectivity index (χ0) is 11.6. The second-order valence-corrected chi connectivity index (χ2v) is 5.33. The minimum absolute atomic E-state index is 0.0366. The fourth-order valence-corrected chi connectivity index (χ4v) is 1.56. The van der Waals surface area contributed by atoms with Gasteiger partial charge in [0.25, 0.3) is 0 Å². The summed E-state index contributed by atoms with van der Waals surface area (Å²) in [6, 6.07) is 1.92. The highest BCUT2D eigenvalue weighted by Crippen LogP contribution is 2.30. The van der Waals surface area contributed by atoms with Crippen LogP contribution in [-0.2, 0) is 16.6 Å². The topological polar surface area (TPSA) is 30.2 Å². The maximum Gasteiger partial charge on any atom is 0.162 e. The van der Waals surface area contributed by atoms with Gasteiger partial charge in [-0.05, 0) is 28.1 Å². The predicted molar refractivity (Wildman–Crippen MR) is 64.0 cm³/mol. The molecule has 0 aliphatic heterocycles. The van der Waals surface area contributed by atoms with Gasteiger partial charge in [0.05, 0.1) is 10.9 Å². The summed E-state index contributed by atoms with van der Waals surface area (Å²) in [4.78, 5) is 11.2. The molecule has 1 aromatic rings. The van der Waals surface area contributed by atoms with Gasteiger partial charge < -0.3 is 4.42 Å². The highest BCUT2D eigenvalue weighted by Gasteiger charge is 2.21. The van der Waals surface area contributed by atoms with Crippen LogP contribution in [0.25, 0.3) is 0 Å². The Morgan fingerprint density at radius 3 is 2.60 bits per heavy atom. The van der Waals surface area contributed by atoms with E-state index in [0.717, 1.165) is 10.2 Å². The van der Waals surface area contributed by atoms with E-state index in [9.17, 15) is 4.79 Å². The molecule has 0 atom stereocenters. The van der Waals surface area contributed by atoms with Crippen molar-refractivity contribution in [1.82, 2.24) is 0 Å². The van der Waals surface area contributed by atoms with Gasteiger partial charge in [-0.1, -0.05) is 27.4 Å². The summed E-state index contributed by atoms with van der Waals surface area (Å²) in [5, 5.41) is 0. The van der Waals surface area contributed by atoms with Crippen LogP contribution in [0.5, 0.6) is 0 Å². The van der Waals surface area contributed by atoms with Crippen LogP contribution >= 0.6 is 15.9 Å². The van der Waals surface area contributed by atoms with Gasteiger partial charge in [0.2, 0.25) is 0 Å². The van der Waals surface area contributed by atoms with Gasteiger partial charge in [0.1, 0.15) is 11.5 Å². The van der Waals surface area contributed by atoms with E-state index in [1.165, 1.54) is 6.08 Å². The molecule has 0 amide bonds. The van der Waals surface area contributed by atoms with E-state index in [1.807, 2.05) is 6.07 Å². The molecule has 0 fully saturated rings. The van der Waals surface area contributed by atoms with Crippen LogP contribution in [0.1, 0.15) is 32.3 Å². The molecule has 0 saturated heterocycles. The first-order valence-electron chi connectivity index (χ1n) is 4.78. The van der Waals surface area contributed by atoms with Crippen LogP contribution in [0.3, 0.4) is 0 Å². The summed E-state index contributed by atoms with van der Waals surface area (Å²) in [6.07, 6.45) is 1.58. The first kappa shape index (κ1) is 12.2. The van der Waals surface area contributed by atoms with Gasteiger partial charge in [-0.15, -0.1) is 0 Å². The minimum atomic E-state index is -0.0437. The Hall–Kier alpha value is -0.830. The molecule has 0 radical (unpaired) electrons. The predicted octanol–water partition coefficient (Wildman–Crippen LogP) is 3.64. The van der Waals surface area contributed by atoms with Gasteiger partial charge in [-0.25, -0.2) is 0 Å². The number of hydrogen-bond donors (Lipinski definition) is 0. The molecule has 1 heterocycles. The van der Waals surface area contributed by atoms with Crippen LogP contribution in [0.2, 0.25) is 0 Å². The molecule has 15 heavy (non-hydrogen) atoms. The van der Waals surface area contributed by atoms with Crippen LogP contribution in [0.4, 0.5) is 0 Å². The quantitative estimate of drug-likeness (QED) is 0.786. The molecular formula is C12H15BrO2. The fraction of sp³-hybridized carbons (Fsp3) is 0.417. The van der Waals surface area contributed by atoms with Crippen LogP contribution in [0.15, 0.2) is 27.6 Å². The van der Waals surface area contributed by atoms with Crippen molar-refractivity contribution in [3.63, 3.8) is 0 Å². The molecular weight excluding hydrogens is 256 g/mol. The van der Waals surface area contributed by atoms with Gasteiger partial charge in [-0.3, -0.25) is 4.79 Å². The van der Waals surface area contributed by atoms with E-state index in [4.69, 9.17) is 4.42 Å². The Bertz CT molecular complexity index is 383. The van der Waals surface area contributed by atoms with Gasteiger partial charge in [0.15, 0.2) is 5.78 Å². The fourth-order valence-electron chi connectivity index (χ4n) is 1.13. The average Bonchev–Trinajstić information content (AvgIpc) is 2.47. The molecule has 3 heteroatoms. The number of hydrogen-bond acceptors (Lipinski definition) is 2. The second-order valence-electron chi connectivity index (χ2n) is 4.48. The SMILES string of the molecule is C=CC(=O)Cc1oc(C(C)(C)C)cc1Br. The summed E-state index contributed by atoms with van der Waals surface area (Å²) in [7, 11) is 0. The lowest BCUT2D eigenvalue weighted by molar-refractivity contribution is -0.114. The number of halogens is 1. The van der Waals surface area contributed by atoms with Crippen molar-refractivity contribution in [2.75, 3.05) is 0 Å². The Morgan fingerprint density at radius 1 is 1.60 bits per heavy atom. The third-order valence-electron chi connectivity index (χ3n) is 2.06. The zero-order valence-corrected chi connectivity index (χ0v) is 10.8. The van der Waals surface area contributed by atoms with Crippen molar-refractivity contribution in [2.24, 2.45) is 0 Å². The molecule has 0 unspecified atom stereocenters. The Balaban J connectivity index is 2.97. The third kappa shape index (κ3) is 3.06. The first-order valence-corrected chi connectivity index (χ1v) is 5.58. The summed E-state index contributed by atoms with van der Waals surface area (Å²) < 4.78 is 6.49. The second kappa shape index (κ2) is 4.35. The van der Waals surface area contributed by atoms with E-state index >= 15 is 0 Å². The lowest BCUT2D eigenvalue weighted by Crippen LogP contribution is -2.09. The number of carbonyl (C=O) groups excluding carboxylic acids is 1. The third-order valence-corrected chi connectivity index (χ3v) is 2.73. The molecule has 0 N–H and O–H groups in total. The summed E-state index contributed by atoms with van der Waals surface area (Å²) in [5.41, 5.74) is -0.0437. The van der Waals surface area contributed by atoms with Gasteiger partial charge >= 0.3 is 0 Å². The van der Waals surface area contributed by atoms with E-state index in [-0.39, 0.29) is 17.6 Å². The van der Waals surface area contributed by atoms with Crippen molar-refractivity contribution < 1.29 is 9.21 Å². The molecule has 0 aliphatic rings. The van der Waals surface area contributed by atoms with Crippen molar-refractivity contribution >= 4 is 21.7 Å². The number of furan rings is 1. The standard InChI is InChI=1S/C12H15BrO2/c1-5-8(14)6-10-9(13)7-11(15-10)12(2,3)4/h5,7H,1,6H2,2-4H3. The summed E-state index contributed by atoms with van der Waals surface area (Å²) >= 11 is 3.39.